The van der Waals surface area contributed by atoms with Crippen molar-refractivity contribution in [2.24, 2.45) is 5.14 Å². The summed E-state index contributed by atoms with van der Waals surface area (Å²) in [5.41, 5.74) is 6.10. The molecule has 0 saturated heterocycles. The lowest BCUT2D eigenvalue weighted by molar-refractivity contribution is 0.684. The van der Waals surface area contributed by atoms with Crippen LogP contribution in [0.4, 0.5) is 0 Å². The monoisotopic (exact) mass is 401 g/mol. The van der Waals surface area contributed by atoms with E-state index in [2.05, 4.69) is 54.2 Å². The van der Waals surface area contributed by atoms with Gasteiger partial charge in [0.1, 0.15) is 16.8 Å². The second-order valence-corrected chi connectivity index (χ2v) is 8.34. The number of benzene rings is 3. The molecule has 0 bridgehead atoms. The summed E-state index contributed by atoms with van der Waals surface area (Å²) in [6, 6.07) is 22.0. The lowest BCUT2D eigenvalue weighted by Gasteiger charge is -2.06. The number of hydrogen-bond acceptors (Lipinski definition) is 2. The average Bonchev–Trinajstić information content (AvgIpc) is 3.14. The van der Waals surface area contributed by atoms with Gasteiger partial charge in [0.2, 0.25) is 0 Å². The summed E-state index contributed by atoms with van der Waals surface area (Å²) in [7, 11) is -1.54. The van der Waals surface area contributed by atoms with Crippen LogP contribution in [0.3, 0.4) is 0 Å². The summed E-state index contributed by atoms with van der Waals surface area (Å²) in [5, 5.41) is 5.63. The van der Waals surface area contributed by atoms with Gasteiger partial charge in [-0.3, -0.25) is 0 Å². The maximum atomic E-state index is 11.8. The first-order valence-electron chi connectivity index (χ1n) is 9.54. The first kappa shape index (κ1) is 19.3. The van der Waals surface area contributed by atoms with Crippen molar-refractivity contribution < 1.29 is 4.21 Å². The molecule has 3 aromatic carbocycles. The summed E-state index contributed by atoms with van der Waals surface area (Å²) < 4.78 is 11.8. The maximum Gasteiger partial charge on any atom is 0.131 e. The quantitative estimate of drug-likeness (QED) is 0.463. The van der Waals surface area contributed by atoms with Crippen molar-refractivity contribution in [3.63, 3.8) is 0 Å². The van der Waals surface area contributed by atoms with Crippen molar-refractivity contribution in [2.45, 2.75) is 24.7 Å². The van der Waals surface area contributed by atoms with Crippen molar-refractivity contribution in [1.82, 2.24) is 9.97 Å². The minimum atomic E-state index is -1.54. The Morgan fingerprint density at radius 1 is 1.00 bits per heavy atom. The lowest BCUT2D eigenvalue weighted by Crippen LogP contribution is -2.04. The molecule has 1 atom stereocenters. The molecule has 4 aromatic rings. The third-order valence-electron chi connectivity index (χ3n) is 4.95. The van der Waals surface area contributed by atoms with E-state index in [0.29, 0.717) is 10.8 Å². The Bertz CT molecular complexity index is 1210. The molecule has 3 N–H and O–H groups in total. The summed E-state index contributed by atoms with van der Waals surface area (Å²) in [4.78, 5) is 8.61. The standard InChI is InChI=1S/C24H23N3OS/c1-16(2)18-10-7-17(8-11-18)9-14-24-26-21-13-12-19(15-22(21)27-24)20-5-3-4-6-23(20)29(25)28/h3-16H,25H2,1-2H3,(H,26,27)/b14-9+. The number of fused-ring (bicyclic) bond motifs is 1. The zero-order chi connectivity index (χ0) is 20.4. The third kappa shape index (κ3) is 4.21. The molecule has 1 heterocycles. The van der Waals surface area contributed by atoms with Crippen LogP contribution in [0.15, 0.2) is 71.6 Å². The molecule has 4 rings (SSSR count). The van der Waals surface area contributed by atoms with Gasteiger partial charge in [-0.25, -0.2) is 14.3 Å². The van der Waals surface area contributed by atoms with Gasteiger partial charge in [-0.1, -0.05) is 68.5 Å². The van der Waals surface area contributed by atoms with Crippen LogP contribution < -0.4 is 5.14 Å². The van der Waals surface area contributed by atoms with Crippen LogP contribution >= 0.6 is 0 Å². The van der Waals surface area contributed by atoms with Crippen LogP contribution in [0.1, 0.15) is 36.7 Å². The fourth-order valence-electron chi connectivity index (χ4n) is 3.32. The van der Waals surface area contributed by atoms with Crippen LogP contribution in [0.5, 0.6) is 0 Å². The van der Waals surface area contributed by atoms with Gasteiger partial charge in [0, 0.05) is 0 Å². The zero-order valence-electron chi connectivity index (χ0n) is 16.4. The molecular formula is C24H23N3OS. The molecule has 0 aliphatic carbocycles. The number of nitrogens with two attached hydrogens (primary N) is 1. The van der Waals surface area contributed by atoms with Crippen molar-refractivity contribution >= 4 is 34.2 Å². The minimum Gasteiger partial charge on any atom is -0.338 e. The fourth-order valence-corrected chi connectivity index (χ4v) is 3.94. The van der Waals surface area contributed by atoms with Gasteiger partial charge in [0.25, 0.3) is 0 Å². The summed E-state index contributed by atoms with van der Waals surface area (Å²) in [5.74, 6) is 1.32. The Morgan fingerprint density at radius 2 is 1.76 bits per heavy atom. The van der Waals surface area contributed by atoms with Crippen molar-refractivity contribution in [1.29, 1.82) is 0 Å². The first-order valence-corrected chi connectivity index (χ1v) is 10.8. The molecule has 0 radical (unpaired) electrons. The van der Waals surface area contributed by atoms with E-state index in [-0.39, 0.29) is 0 Å². The Labute approximate surface area is 173 Å². The van der Waals surface area contributed by atoms with Crippen molar-refractivity contribution in [3.8, 4) is 11.1 Å². The second-order valence-electron chi connectivity index (χ2n) is 7.30. The number of nitrogens with one attached hydrogen (secondary N) is 1. The topological polar surface area (TPSA) is 71.8 Å². The fraction of sp³-hybridized carbons (Fsp3) is 0.125. The van der Waals surface area contributed by atoms with E-state index >= 15 is 0 Å². The third-order valence-corrected chi connectivity index (χ3v) is 5.74. The molecule has 0 aliphatic rings. The van der Waals surface area contributed by atoms with Crippen LogP contribution in [0, 0.1) is 0 Å². The molecule has 4 nitrogen and oxygen atoms in total. The minimum absolute atomic E-state index is 0.527. The van der Waals surface area contributed by atoms with Gasteiger partial charge in [-0.05, 0) is 52.4 Å². The van der Waals surface area contributed by atoms with E-state index in [1.807, 2.05) is 42.5 Å². The normalized spacial score (nSPS) is 12.8. The van der Waals surface area contributed by atoms with E-state index in [0.717, 1.165) is 33.5 Å². The van der Waals surface area contributed by atoms with Crippen LogP contribution in [0.2, 0.25) is 0 Å². The van der Waals surface area contributed by atoms with Crippen LogP contribution in [-0.4, -0.2) is 14.2 Å². The maximum absolute atomic E-state index is 11.8. The highest BCUT2D eigenvalue weighted by atomic mass is 32.2. The number of rotatable bonds is 5. The summed E-state index contributed by atoms with van der Waals surface area (Å²) >= 11 is 0. The highest BCUT2D eigenvalue weighted by Crippen LogP contribution is 2.28. The molecule has 1 aromatic heterocycles. The first-order chi connectivity index (χ1) is 14.0. The summed E-state index contributed by atoms with van der Waals surface area (Å²) in [6.07, 6.45) is 4.03. The largest absolute Gasteiger partial charge is 0.338 e. The van der Waals surface area contributed by atoms with Gasteiger partial charge >= 0.3 is 0 Å². The summed E-state index contributed by atoms with van der Waals surface area (Å²) in [6.45, 7) is 4.38. The molecule has 0 aliphatic heterocycles. The highest BCUT2D eigenvalue weighted by molar-refractivity contribution is 7.82. The Kier molecular flexibility index (Phi) is 5.43. The van der Waals surface area contributed by atoms with E-state index < -0.39 is 11.0 Å². The lowest BCUT2D eigenvalue weighted by atomic mass is 10.0. The molecule has 0 saturated carbocycles. The zero-order valence-corrected chi connectivity index (χ0v) is 17.2. The highest BCUT2D eigenvalue weighted by Gasteiger charge is 2.10. The molecule has 0 spiro atoms. The SMILES string of the molecule is CC(C)c1ccc(/C=C/c2nc3ccc(-c4ccccc4S(N)=O)cc3[nH]2)cc1. The van der Waals surface area contributed by atoms with Crippen LogP contribution in [0.25, 0.3) is 34.3 Å². The van der Waals surface area contributed by atoms with Gasteiger partial charge in [-0.15, -0.1) is 0 Å². The van der Waals surface area contributed by atoms with E-state index in [4.69, 9.17) is 5.14 Å². The number of nitrogens with zero attached hydrogens (tertiary/aromatic N) is 1. The van der Waals surface area contributed by atoms with Gasteiger partial charge in [0.15, 0.2) is 0 Å². The Morgan fingerprint density at radius 3 is 2.48 bits per heavy atom. The Hall–Kier alpha value is -3.02. The van der Waals surface area contributed by atoms with Crippen molar-refractivity contribution in [2.75, 3.05) is 0 Å². The average molecular weight is 402 g/mol. The molecule has 29 heavy (non-hydrogen) atoms. The smallest absolute Gasteiger partial charge is 0.131 e. The molecule has 1 unspecified atom stereocenters. The predicted octanol–water partition coefficient (Wildman–Crippen LogP) is 5.51. The number of hydrogen-bond donors (Lipinski definition) is 2. The van der Waals surface area contributed by atoms with Gasteiger partial charge < -0.3 is 4.98 Å². The molecule has 146 valence electrons. The van der Waals surface area contributed by atoms with E-state index in [1.54, 1.807) is 6.07 Å². The predicted molar refractivity (Wildman–Crippen MR) is 122 cm³/mol. The molecule has 0 fully saturated rings. The number of imidazole rings is 1. The van der Waals surface area contributed by atoms with E-state index in [1.165, 1.54) is 5.56 Å². The van der Waals surface area contributed by atoms with Crippen LogP contribution in [-0.2, 0) is 11.0 Å². The number of H-pyrrole nitrogens is 1. The van der Waals surface area contributed by atoms with Crippen molar-refractivity contribution in [3.05, 3.63) is 83.7 Å². The number of aromatic amines is 1. The van der Waals surface area contributed by atoms with E-state index in [9.17, 15) is 4.21 Å². The van der Waals surface area contributed by atoms with Gasteiger partial charge in [0.05, 0.1) is 15.9 Å². The molecular weight excluding hydrogens is 378 g/mol. The molecule has 0 amide bonds. The Balaban J connectivity index is 1.63. The van der Waals surface area contributed by atoms with Gasteiger partial charge in [-0.2, -0.15) is 0 Å². The second kappa shape index (κ2) is 8.15. The number of aromatic nitrogens is 2. The molecule has 5 heteroatoms.